The molecule has 0 atom stereocenters. The Hall–Kier alpha value is -2.51. The number of alkyl halides is 6. The van der Waals surface area contributed by atoms with Crippen LogP contribution in [0.2, 0.25) is 0 Å². The standard InChI is InChI=1S/C15H10F6N2/c16-14(17,18)11-6-2-1-5-10(11)9-22-23-13-8-4-3-7-12(13)15(19,20)21/h1-9,23H/b22-9+. The largest absolute Gasteiger partial charge is 0.418 e. The van der Waals surface area contributed by atoms with Crippen molar-refractivity contribution in [3.05, 3.63) is 65.2 Å². The summed E-state index contributed by atoms with van der Waals surface area (Å²) >= 11 is 0. The number of rotatable bonds is 3. The normalized spacial score (nSPS) is 12.6. The molecule has 0 unspecified atom stereocenters. The van der Waals surface area contributed by atoms with Crippen molar-refractivity contribution in [2.24, 2.45) is 5.10 Å². The van der Waals surface area contributed by atoms with E-state index in [1.54, 1.807) is 0 Å². The third-order valence-corrected chi connectivity index (χ3v) is 2.89. The summed E-state index contributed by atoms with van der Waals surface area (Å²) in [5, 5.41) is 3.49. The molecule has 122 valence electrons. The molecule has 0 saturated carbocycles. The number of nitrogens with zero attached hydrogens (tertiary/aromatic N) is 1. The van der Waals surface area contributed by atoms with Gasteiger partial charge in [0.05, 0.1) is 23.0 Å². The zero-order chi connectivity index (χ0) is 17.1. The molecule has 0 fully saturated rings. The van der Waals surface area contributed by atoms with Crippen LogP contribution in [0.5, 0.6) is 0 Å². The zero-order valence-electron chi connectivity index (χ0n) is 11.4. The number of hydrogen-bond donors (Lipinski definition) is 1. The van der Waals surface area contributed by atoms with E-state index in [4.69, 9.17) is 0 Å². The summed E-state index contributed by atoms with van der Waals surface area (Å²) in [6.45, 7) is 0. The summed E-state index contributed by atoms with van der Waals surface area (Å²) < 4.78 is 76.7. The maximum atomic E-state index is 12.8. The fourth-order valence-corrected chi connectivity index (χ4v) is 1.87. The fourth-order valence-electron chi connectivity index (χ4n) is 1.87. The first-order valence-corrected chi connectivity index (χ1v) is 6.31. The van der Waals surface area contributed by atoms with Gasteiger partial charge in [-0.3, -0.25) is 5.43 Å². The number of hydrazone groups is 1. The lowest BCUT2D eigenvalue weighted by molar-refractivity contribution is -0.138. The van der Waals surface area contributed by atoms with Crippen molar-refractivity contribution in [3.8, 4) is 0 Å². The SMILES string of the molecule is FC(F)(F)c1ccccc1/C=N/Nc1ccccc1C(F)(F)F. The Balaban J connectivity index is 2.25. The first kappa shape index (κ1) is 16.9. The minimum absolute atomic E-state index is 0.253. The molecule has 0 heterocycles. The third kappa shape index (κ3) is 4.24. The van der Waals surface area contributed by atoms with E-state index < -0.39 is 23.5 Å². The van der Waals surface area contributed by atoms with E-state index in [1.165, 1.54) is 30.3 Å². The second-order valence-electron chi connectivity index (χ2n) is 4.50. The predicted molar refractivity (Wildman–Crippen MR) is 74.1 cm³/mol. The van der Waals surface area contributed by atoms with Crippen LogP contribution in [0.3, 0.4) is 0 Å². The van der Waals surface area contributed by atoms with Crippen molar-refractivity contribution in [1.29, 1.82) is 0 Å². The van der Waals surface area contributed by atoms with Crippen LogP contribution in [-0.2, 0) is 12.4 Å². The van der Waals surface area contributed by atoms with Gasteiger partial charge in [0.25, 0.3) is 0 Å². The Morgan fingerprint density at radius 2 is 1.26 bits per heavy atom. The van der Waals surface area contributed by atoms with E-state index in [1.807, 2.05) is 0 Å². The van der Waals surface area contributed by atoms with Gasteiger partial charge in [-0.15, -0.1) is 0 Å². The number of benzene rings is 2. The molecule has 23 heavy (non-hydrogen) atoms. The van der Waals surface area contributed by atoms with E-state index in [0.717, 1.165) is 24.4 Å². The van der Waals surface area contributed by atoms with Crippen LogP contribution in [0, 0.1) is 0 Å². The molecule has 0 aliphatic carbocycles. The molecule has 0 saturated heterocycles. The lowest BCUT2D eigenvalue weighted by Gasteiger charge is -2.12. The summed E-state index contributed by atoms with van der Waals surface area (Å²) in [7, 11) is 0. The molecule has 0 amide bonds. The van der Waals surface area contributed by atoms with E-state index in [2.05, 4.69) is 10.5 Å². The first-order valence-electron chi connectivity index (χ1n) is 6.31. The molecule has 2 rings (SSSR count). The van der Waals surface area contributed by atoms with Gasteiger partial charge in [-0.25, -0.2) is 0 Å². The first-order chi connectivity index (χ1) is 10.7. The Labute approximate surface area is 127 Å². The van der Waals surface area contributed by atoms with Gasteiger partial charge in [-0.1, -0.05) is 30.3 Å². The molecule has 0 aliphatic heterocycles. The molecule has 8 heteroatoms. The molecular formula is C15H10F6N2. The highest BCUT2D eigenvalue weighted by Crippen LogP contribution is 2.34. The Kier molecular flexibility index (Phi) is 4.63. The zero-order valence-corrected chi connectivity index (χ0v) is 11.4. The Morgan fingerprint density at radius 1 is 0.739 bits per heavy atom. The molecule has 1 N–H and O–H groups in total. The lowest BCUT2D eigenvalue weighted by Crippen LogP contribution is -2.10. The quantitative estimate of drug-likeness (QED) is 0.468. The van der Waals surface area contributed by atoms with Gasteiger partial charge in [-0.05, 0) is 18.2 Å². The molecule has 0 bridgehead atoms. The molecule has 0 aliphatic rings. The summed E-state index contributed by atoms with van der Waals surface area (Å²) in [6, 6.07) is 9.17. The molecule has 0 aromatic heterocycles. The predicted octanol–water partition coefficient (Wildman–Crippen LogP) is 5.17. The van der Waals surface area contributed by atoms with Crippen LogP contribution in [0.4, 0.5) is 32.0 Å². The van der Waals surface area contributed by atoms with Crippen LogP contribution in [0.1, 0.15) is 16.7 Å². The highest BCUT2D eigenvalue weighted by molar-refractivity contribution is 5.82. The van der Waals surface area contributed by atoms with E-state index in [0.29, 0.717) is 0 Å². The topological polar surface area (TPSA) is 24.4 Å². The van der Waals surface area contributed by atoms with Gasteiger partial charge in [0.1, 0.15) is 0 Å². The summed E-state index contributed by atoms with van der Waals surface area (Å²) in [5.41, 5.74) is -0.349. The number of halogens is 6. The van der Waals surface area contributed by atoms with Crippen LogP contribution >= 0.6 is 0 Å². The van der Waals surface area contributed by atoms with Crippen molar-refractivity contribution in [2.45, 2.75) is 12.4 Å². The number of nitrogens with one attached hydrogen (secondary N) is 1. The summed E-state index contributed by atoms with van der Waals surface area (Å²) in [6.07, 6.45) is -8.34. The summed E-state index contributed by atoms with van der Waals surface area (Å²) in [5.74, 6) is 0. The number of para-hydroxylation sites is 1. The minimum Gasteiger partial charge on any atom is -0.278 e. The van der Waals surface area contributed by atoms with E-state index >= 15 is 0 Å². The maximum Gasteiger partial charge on any atom is 0.418 e. The van der Waals surface area contributed by atoms with E-state index in [-0.39, 0.29) is 11.3 Å². The Morgan fingerprint density at radius 3 is 1.87 bits per heavy atom. The average molecular weight is 332 g/mol. The molecular weight excluding hydrogens is 322 g/mol. The maximum absolute atomic E-state index is 12.8. The van der Waals surface area contributed by atoms with Crippen molar-refractivity contribution in [1.82, 2.24) is 0 Å². The number of anilines is 1. The van der Waals surface area contributed by atoms with Crippen LogP contribution in [0.25, 0.3) is 0 Å². The molecule has 2 aromatic carbocycles. The smallest absolute Gasteiger partial charge is 0.278 e. The Bertz CT molecular complexity index is 704. The van der Waals surface area contributed by atoms with Crippen molar-refractivity contribution in [2.75, 3.05) is 5.43 Å². The summed E-state index contributed by atoms with van der Waals surface area (Å²) in [4.78, 5) is 0. The van der Waals surface area contributed by atoms with Crippen LogP contribution < -0.4 is 5.43 Å². The van der Waals surface area contributed by atoms with Crippen molar-refractivity contribution >= 4 is 11.9 Å². The molecule has 2 nitrogen and oxygen atoms in total. The third-order valence-electron chi connectivity index (χ3n) is 2.89. The van der Waals surface area contributed by atoms with E-state index in [9.17, 15) is 26.3 Å². The van der Waals surface area contributed by atoms with Gasteiger partial charge < -0.3 is 0 Å². The van der Waals surface area contributed by atoms with Crippen LogP contribution in [0.15, 0.2) is 53.6 Å². The van der Waals surface area contributed by atoms with Gasteiger partial charge >= 0.3 is 12.4 Å². The van der Waals surface area contributed by atoms with Crippen LogP contribution in [-0.4, -0.2) is 6.21 Å². The van der Waals surface area contributed by atoms with Gasteiger partial charge in [0, 0.05) is 5.56 Å². The second-order valence-corrected chi connectivity index (χ2v) is 4.50. The number of hydrogen-bond acceptors (Lipinski definition) is 2. The monoisotopic (exact) mass is 332 g/mol. The fraction of sp³-hybridized carbons (Fsp3) is 0.133. The van der Waals surface area contributed by atoms with Gasteiger partial charge in [0.15, 0.2) is 0 Å². The van der Waals surface area contributed by atoms with Gasteiger partial charge in [-0.2, -0.15) is 31.4 Å². The minimum atomic E-state index is -4.59. The average Bonchev–Trinajstić information content (AvgIpc) is 2.46. The van der Waals surface area contributed by atoms with Gasteiger partial charge in [0.2, 0.25) is 0 Å². The molecule has 2 aromatic rings. The molecule has 0 spiro atoms. The van der Waals surface area contributed by atoms with Crippen molar-refractivity contribution < 1.29 is 26.3 Å². The van der Waals surface area contributed by atoms with Crippen molar-refractivity contribution in [3.63, 3.8) is 0 Å². The highest BCUT2D eigenvalue weighted by atomic mass is 19.4. The lowest BCUT2D eigenvalue weighted by atomic mass is 10.1. The second kappa shape index (κ2) is 6.31. The highest BCUT2D eigenvalue weighted by Gasteiger charge is 2.33. The molecule has 0 radical (unpaired) electrons.